The molecule has 1 N–H and O–H groups in total. The number of amides is 1. The zero-order valence-corrected chi connectivity index (χ0v) is 17.1. The Morgan fingerprint density at radius 2 is 1.59 bits per heavy atom. The molecule has 0 bridgehead atoms. The van der Waals surface area contributed by atoms with E-state index in [-0.39, 0.29) is 11.3 Å². The predicted octanol–water partition coefficient (Wildman–Crippen LogP) is 5.33. The van der Waals surface area contributed by atoms with Gasteiger partial charge in [0.25, 0.3) is 5.91 Å². The van der Waals surface area contributed by atoms with Crippen molar-refractivity contribution in [3.63, 3.8) is 0 Å². The lowest BCUT2D eigenvalue weighted by molar-refractivity contribution is 0.0955. The zero-order chi connectivity index (χ0) is 20.7. The van der Waals surface area contributed by atoms with Crippen LogP contribution in [-0.4, -0.2) is 12.1 Å². The molecule has 4 nitrogen and oxygen atoms in total. The molecule has 0 heterocycles. The van der Waals surface area contributed by atoms with Crippen molar-refractivity contribution in [3.05, 3.63) is 101 Å². The average Bonchev–Trinajstić information content (AvgIpc) is 2.73. The second kappa shape index (κ2) is 9.20. The summed E-state index contributed by atoms with van der Waals surface area (Å²) < 4.78 is 5.77. The molecule has 3 aromatic carbocycles. The highest BCUT2D eigenvalue weighted by Gasteiger charge is 2.14. The Hall–Kier alpha value is -3.40. The predicted molar refractivity (Wildman–Crippen MR) is 117 cm³/mol. The number of carbonyl (C=O) groups is 1. The molecule has 0 aromatic heterocycles. The number of nitrogens with zero attached hydrogens (tertiary/aromatic N) is 1. The zero-order valence-electron chi connectivity index (χ0n) is 17.1. The van der Waals surface area contributed by atoms with Crippen molar-refractivity contribution in [2.75, 3.05) is 0 Å². The topological polar surface area (TPSA) is 50.7 Å². The van der Waals surface area contributed by atoms with Crippen LogP contribution in [0, 0.1) is 0 Å². The molecular weight excluding hydrogens is 360 g/mol. The number of benzene rings is 3. The highest BCUT2D eigenvalue weighted by Crippen LogP contribution is 2.22. The monoisotopic (exact) mass is 386 g/mol. The van der Waals surface area contributed by atoms with Gasteiger partial charge in [-0.05, 0) is 58.5 Å². The Bertz CT molecular complexity index is 954. The molecule has 0 saturated carbocycles. The summed E-state index contributed by atoms with van der Waals surface area (Å²) in [7, 11) is 0. The van der Waals surface area contributed by atoms with Crippen LogP contribution < -0.4 is 10.2 Å². The van der Waals surface area contributed by atoms with Crippen molar-refractivity contribution >= 4 is 12.1 Å². The van der Waals surface area contributed by atoms with Gasteiger partial charge >= 0.3 is 0 Å². The Kier molecular flexibility index (Phi) is 6.45. The summed E-state index contributed by atoms with van der Waals surface area (Å²) in [4.78, 5) is 12.2. The van der Waals surface area contributed by atoms with E-state index in [1.807, 2.05) is 78.9 Å². The van der Waals surface area contributed by atoms with E-state index in [4.69, 9.17) is 4.74 Å². The van der Waals surface area contributed by atoms with Crippen LogP contribution in [0.5, 0.6) is 5.75 Å². The molecule has 0 aliphatic carbocycles. The summed E-state index contributed by atoms with van der Waals surface area (Å²) in [6, 6.07) is 25.2. The van der Waals surface area contributed by atoms with Gasteiger partial charge in [-0.2, -0.15) is 5.10 Å². The summed E-state index contributed by atoms with van der Waals surface area (Å²) in [5.41, 5.74) is 6.39. The van der Waals surface area contributed by atoms with Crippen molar-refractivity contribution in [3.8, 4) is 5.75 Å². The number of nitrogens with one attached hydrogen (secondary N) is 1. The first kappa shape index (κ1) is 20.3. The summed E-state index contributed by atoms with van der Waals surface area (Å²) in [6.07, 6.45) is 1.61. The fraction of sp³-hybridized carbons (Fsp3) is 0.200. The lowest BCUT2D eigenvalue weighted by Crippen LogP contribution is -2.18. The molecule has 0 spiro atoms. The van der Waals surface area contributed by atoms with Gasteiger partial charge < -0.3 is 4.74 Å². The largest absolute Gasteiger partial charge is 0.489 e. The van der Waals surface area contributed by atoms with Gasteiger partial charge in [0.15, 0.2) is 0 Å². The fourth-order valence-corrected chi connectivity index (χ4v) is 2.74. The van der Waals surface area contributed by atoms with E-state index in [0.717, 1.165) is 16.9 Å². The smallest absolute Gasteiger partial charge is 0.271 e. The minimum atomic E-state index is -0.232. The molecule has 4 heteroatoms. The molecule has 0 fully saturated rings. The number of hydrazone groups is 1. The molecule has 0 atom stereocenters. The Morgan fingerprint density at radius 1 is 0.931 bits per heavy atom. The normalized spacial score (nSPS) is 11.4. The van der Waals surface area contributed by atoms with Crippen LogP contribution in [0.2, 0.25) is 0 Å². The molecular formula is C25H26N2O2. The molecule has 29 heavy (non-hydrogen) atoms. The van der Waals surface area contributed by atoms with Gasteiger partial charge in [-0.3, -0.25) is 4.79 Å². The molecule has 0 radical (unpaired) electrons. The van der Waals surface area contributed by atoms with E-state index in [1.165, 1.54) is 5.56 Å². The first-order valence-electron chi connectivity index (χ1n) is 9.62. The van der Waals surface area contributed by atoms with Crippen LogP contribution in [0.15, 0.2) is 84.0 Å². The highest BCUT2D eigenvalue weighted by atomic mass is 16.5. The van der Waals surface area contributed by atoms with Gasteiger partial charge in [0.05, 0.1) is 6.21 Å². The molecule has 0 unspecified atom stereocenters. The standard InChI is InChI=1S/C25H26N2O2/c1-25(2,3)22-13-11-21(12-14-22)24(28)27-26-17-19-9-15-23(16-10-19)29-18-20-7-5-4-6-8-20/h4-17H,18H2,1-3H3,(H,27,28). The first-order valence-corrected chi connectivity index (χ1v) is 9.62. The second-order valence-electron chi connectivity index (χ2n) is 7.87. The molecule has 148 valence electrons. The van der Waals surface area contributed by atoms with Gasteiger partial charge in [-0.15, -0.1) is 0 Å². The second-order valence-corrected chi connectivity index (χ2v) is 7.87. The molecule has 1 amide bonds. The van der Waals surface area contributed by atoms with Gasteiger partial charge in [0.2, 0.25) is 0 Å². The van der Waals surface area contributed by atoms with E-state index in [0.29, 0.717) is 12.2 Å². The number of rotatable bonds is 6. The number of hydrogen-bond donors (Lipinski definition) is 1. The summed E-state index contributed by atoms with van der Waals surface area (Å²) in [5, 5.41) is 4.05. The quantitative estimate of drug-likeness (QED) is 0.460. The Balaban J connectivity index is 1.51. The van der Waals surface area contributed by atoms with E-state index >= 15 is 0 Å². The molecule has 3 aromatic rings. The molecule has 0 saturated heterocycles. The van der Waals surface area contributed by atoms with Crippen LogP contribution in [-0.2, 0) is 12.0 Å². The van der Waals surface area contributed by atoms with Crippen LogP contribution in [0.4, 0.5) is 0 Å². The first-order chi connectivity index (χ1) is 13.9. The summed E-state index contributed by atoms with van der Waals surface area (Å²) >= 11 is 0. The maximum absolute atomic E-state index is 12.2. The van der Waals surface area contributed by atoms with Crippen molar-refractivity contribution in [2.45, 2.75) is 32.8 Å². The Morgan fingerprint density at radius 3 is 2.21 bits per heavy atom. The number of ether oxygens (including phenoxy) is 1. The van der Waals surface area contributed by atoms with Crippen LogP contribution in [0.25, 0.3) is 0 Å². The third-order valence-electron chi connectivity index (χ3n) is 4.52. The number of hydrogen-bond acceptors (Lipinski definition) is 3. The van der Waals surface area contributed by atoms with E-state index in [2.05, 4.69) is 31.3 Å². The van der Waals surface area contributed by atoms with Crippen LogP contribution in [0.1, 0.15) is 47.8 Å². The summed E-state index contributed by atoms with van der Waals surface area (Å²) in [5.74, 6) is 0.554. The Labute approximate surface area is 172 Å². The average molecular weight is 386 g/mol. The van der Waals surface area contributed by atoms with E-state index < -0.39 is 0 Å². The maximum Gasteiger partial charge on any atom is 0.271 e. The third-order valence-corrected chi connectivity index (χ3v) is 4.52. The fourth-order valence-electron chi connectivity index (χ4n) is 2.74. The van der Waals surface area contributed by atoms with Crippen molar-refractivity contribution < 1.29 is 9.53 Å². The van der Waals surface area contributed by atoms with Gasteiger partial charge in [-0.25, -0.2) is 5.43 Å². The van der Waals surface area contributed by atoms with Gasteiger partial charge in [0.1, 0.15) is 12.4 Å². The summed E-state index contributed by atoms with van der Waals surface area (Å²) in [6.45, 7) is 6.96. The van der Waals surface area contributed by atoms with Gasteiger partial charge in [-0.1, -0.05) is 63.2 Å². The van der Waals surface area contributed by atoms with Crippen molar-refractivity contribution in [2.24, 2.45) is 5.10 Å². The SMILES string of the molecule is CC(C)(C)c1ccc(C(=O)NN=Cc2ccc(OCc3ccccc3)cc2)cc1. The molecule has 0 aliphatic heterocycles. The lowest BCUT2D eigenvalue weighted by Gasteiger charge is -2.18. The van der Waals surface area contributed by atoms with Crippen molar-refractivity contribution in [1.29, 1.82) is 0 Å². The van der Waals surface area contributed by atoms with Crippen molar-refractivity contribution in [1.82, 2.24) is 5.43 Å². The van der Waals surface area contributed by atoms with E-state index in [9.17, 15) is 4.79 Å². The van der Waals surface area contributed by atoms with Crippen LogP contribution in [0.3, 0.4) is 0 Å². The minimum absolute atomic E-state index is 0.0597. The lowest BCUT2D eigenvalue weighted by atomic mass is 9.87. The number of carbonyl (C=O) groups excluding carboxylic acids is 1. The highest BCUT2D eigenvalue weighted by molar-refractivity contribution is 5.94. The molecule has 0 aliphatic rings. The van der Waals surface area contributed by atoms with Gasteiger partial charge in [0, 0.05) is 5.56 Å². The minimum Gasteiger partial charge on any atom is -0.489 e. The van der Waals surface area contributed by atoms with Crippen LogP contribution >= 0.6 is 0 Å². The molecule has 3 rings (SSSR count). The third kappa shape index (κ3) is 6.04. The maximum atomic E-state index is 12.2. The van der Waals surface area contributed by atoms with E-state index in [1.54, 1.807) is 6.21 Å².